The van der Waals surface area contributed by atoms with E-state index in [0.717, 1.165) is 0 Å². The van der Waals surface area contributed by atoms with Crippen molar-refractivity contribution in [2.24, 2.45) is 5.92 Å². The van der Waals surface area contributed by atoms with Crippen LogP contribution in [-0.2, 0) is 4.79 Å². The van der Waals surface area contributed by atoms with Crippen LogP contribution in [0.5, 0.6) is 0 Å². The molecule has 1 saturated carbocycles. The van der Waals surface area contributed by atoms with Crippen LogP contribution < -0.4 is 0 Å². The average molecular weight is 251 g/mol. The normalized spacial score (nSPS) is 27.1. The van der Waals surface area contributed by atoms with Gasteiger partial charge >= 0.3 is 0 Å². The van der Waals surface area contributed by atoms with E-state index >= 15 is 0 Å². The molecule has 1 atom stereocenters. The first kappa shape index (κ1) is 13.9. The molecular weight excluding hydrogens is 222 g/mol. The van der Waals surface area contributed by atoms with Crippen molar-refractivity contribution in [1.29, 1.82) is 0 Å². The lowest BCUT2D eigenvalue weighted by atomic mass is 9.80. The Balaban J connectivity index is 2.24. The molecule has 0 N–H and O–H groups in total. The summed E-state index contributed by atoms with van der Waals surface area (Å²) in [7, 11) is 0. The van der Waals surface area contributed by atoms with Crippen LogP contribution in [0, 0.1) is 5.92 Å². The van der Waals surface area contributed by atoms with E-state index in [1.807, 2.05) is 0 Å². The molecule has 2 heteroatoms. The van der Waals surface area contributed by atoms with Gasteiger partial charge in [-0.25, -0.2) is 0 Å². The van der Waals surface area contributed by atoms with Gasteiger partial charge in [-0.15, -0.1) is 0 Å². The van der Waals surface area contributed by atoms with Crippen molar-refractivity contribution in [3.63, 3.8) is 0 Å². The van der Waals surface area contributed by atoms with E-state index in [-0.39, 0.29) is 11.5 Å². The maximum absolute atomic E-state index is 12.7. The zero-order valence-electron chi connectivity index (χ0n) is 12.4. The van der Waals surface area contributed by atoms with Gasteiger partial charge in [0.25, 0.3) is 0 Å². The van der Waals surface area contributed by atoms with Crippen molar-refractivity contribution >= 4 is 5.91 Å². The molecule has 18 heavy (non-hydrogen) atoms. The molecular formula is C16H29NO. The summed E-state index contributed by atoms with van der Waals surface area (Å²) in [6, 6.07) is 0.525. The van der Waals surface area contributed by atoms with Crippen LogP contribution in [-0.4, -0.2) is 22.4 Å². The van der Waals surface area contributed by atoms with Crippen molar-refractivity contribution in [1.82, 2.24) is 4.90 Å². The monoisotopic (exact) mass is 251 g/mol. The van der Waals surface area contributed by atoms with Crippen LogP contribution in [0.4, 0.5) is 0 Å². The van der Waals surface area contributed by atoms with Gasteiger partial charge in [-0.2, -0.15) is 0 Å². The van der Waals surface area contributed by atoms with Crippen LogP contribution in [0.3, 0.4) is 0 Å². The first-order valence-electron chi connectivity index (χ1n) is 7.94. The zero-order valence-corrected chi connectivity index (χ0v) is 12.4. The van der Waals surface area contributed by atoms with E-state index in [2.05, 4.69) is 25.7 Å². The Hall–Kier alpha value is -0.530. The van der Waals surface area contributed by atoms with Gasteiger partial charge in [0.1, 0.15) is 0 Å². The summed E-state index contributed by atoms with van der Waals surface area (Å²) in [6.07, 6.45) is 11.4. The number of piperidine rings is 1. The van der Waals surface area contributed by atoms with Crippen LogP contribution >= 0.6 is 0 Å². The second-order valence-corrected chi connectivity index (χ2v) is 6.63. The van der Waals surface area contributed by atoms with Crippen molar-refractivity contribution in [2.75, 3.05) is 0 Å². The molecule has 0 aromatic carbocycles. The highest BCUT2D eigenvalue weighted by atomic mass is 16.2. The molecule has 1 heterocycles. The Bertz CT molecular complexity index is 289. The lowest BCUT2D eigenvalue weighted by Gasteiger charge is -2.51. The molecule has 1 aliphatic carbocycles. The predicted molar refractivity (Wildman–Crippen MR) is 75.4 cm³/mol. The Morgan fingerprint density at radius 1 is 1.22 bits per heavy atom. The third-order valence-corrected chi connectivity index (χ3v) is 4.94. The number of carbonyl (C=O) groups is 1. The molecule has 1 amide bonds. The van der Waals surface area contributed by atoms with Gasteiger partial charge in [0.05, 0.1) is 0 Å². The molecule has 2 rings (SSSR count). The molecule has 0 radical (unpaired) electrons. The third-order valence-electron chi connectivity index (χ3n) is 4.94. The molecule has 1 spiro atoms. The molecule has 0 aromatic heterocycles. The smallest absolute Gasteiger partial charge is 0.225 e. The summed E-state index contributed by atoms with van der Waals surface area (Å²) in [6.45, 7) is 6.36. The van der Waals surface area contributed by atoms with Crippen molar-refractivity contribution in [3.8, 4) is 0 Å². The fraction of sp³-hybridized carbons (Fsp3) is 0.938. The minimum absolute atomic E-state index is 0.153. The third kappa shape index (κ3) is 2.44. The highest BCUT2D eigenvalue weighted by molar-refractivity contribution is 5.79. The van der Waals surface area contributed by atoms with Gasteiger partial charge in [-0.1, -0.05) is 40.0 Å². The quantitative estimate of drug-likeness (QED) is 0.738. The number of amides is 1. The highest BCUT2D eigenvalue weighted by Crippen LogP contribution is 2.45. The van der Waals surface area contributed by atoms with Gasteiger partial charge in [-0.3, -0.25) is 4.79 Å². The van der Waals surface area contributed by atoms with Crippen LogP contribution in [0.15, 0.2) is 0 Å². The zero-order chi connectivity index (χ0) is 13.2. The van der Waals surface area contributed by atoms with Crippen LogP contribution in [0.25, 0.3) is 0 Å². The molecule has 1 unspecified atom stereocenters. The van der Waals surface area contributed by atoms with E-state index < -0.39 is 0 Å². The molecule has 2 aliphatic rings. The van der Waals surface area contributed by atoms with E-state index in [1.165, 1.54) is 57.8 Å². The van der Waals surface area contributed by atoms with E-state index in [4.69, 9.17) is 0 Å². The van der Waals surface area contributed by atoms with Crippen molar-refractivity contribution in [3.05, 3.63) is 0 Å². The van der Waals surface area contributed by atoms with Gasteiger partial charge < -0.3 is 4.90 Å². The standard InChI is InChI=1S/C16H29NO/c1-4-8-14-9-7-12-16(10-5-6-11-16)17(14)15(18)13(2)3/h13-14H,4-12H2,1-3H3. The topological polar surface area (TPSA) is 20.3 Å². The lowest BCUT2D eigenvalue weighted by Crippen LogP contribution is -2.58. The highest BCUT2D eigenvalue weighted by Gasteiger charge is 2.47. The molecule has 2 fully saturated rings. The molecule has 104 valence electrons. The molecule has 1 saturated heterocycles. The van der Waals surface area contributed by atoms with Gasteiger partial charge in [-0.05, 0) is 38.5 Å². The Morgan fingerprint density at radius 2 is 1.83 bits per heavy atom. The summed E-state index contributed by atoms with van der Waals surface area (Å²) >= 11 is 0. The van der Waals surface area contributed by atoms with Crippen molar-refractivity contribution in [2.45, 2.75) is 90.1 Å². The number of hydrogen-bond acceptors (Lipinski definition) is 1. The van der Waals surface area contributed by atoms with Crippen LogP contribution in [0.2, 0.25) is 0 Å². The summed E-state index contributed by atoms with van der Waals surface area (Å²) in [5, 5.41) is 0. The Kier molecular flexibility index (Phi) is 4.34. The van der Waals surface area contributed by atoms with E-state index in [1.54, 1.807) is 0 Å². The predicted octanol–water partition coefficient (Wildman–Crippen LogP) is 4.14. The summed E-state index contributed by atoms with van der Waals surface area (Å²) in [5.41, 5.74) is 0.249. The molecule has 0 bridgehead atoms. The molecule has 0 aromatic rings. The fourth-order valence-corrected chi connectivity index (χ4v) is 4.13. The van der Waals surface area contributed by atoms with Gasteiger partial charge in [0, 0.05) is 17.5 Å². The second kappa shape index (κ2) is 5.63. The Labute approximate surface area is 112 Å². The average Bonchev–Trinajstić information content (AvgIpc) is 2.78. The SMILES string of the molecule is CCCC1CCCC2(CCCC2)N1C(=O)C(C)C. The number of nitrogens with zero attached hydrogens (tertiary/aromatic N) is 1. The number of likely N-dealkylation sites (tertiary alicyclic amines) is 1. The maximum Gasteiger partial charge on any atom is 0.225 e. The molecule has 2 nitrogen and oxygen atoms in total. The van der Waals surface area contributed by atoms with Gasteiger partial charge in [0.2, 0.25) is 5.91 Å². The fourth-order valence-electron chi connectivity index (χ4n) is 4.13. The lowest BCUT2D eigenvalue weighted by molar-refractivity contribution is -0.148. The summed E-state index contributed by atoms with van der Waals surface area (Å²) in [5.74, 6) is 0.565. The number of rotatable bonds is 3. The number of carbonyl (C=O) groups excluding carboxylic acids is 1. The summed E-state index contributed by atoms with van der Waals surface area (Å²) in [4.78, 5) is 15.0. The van der Waals surface area contributed by atoms with E-state index in [9.17, 15) is 4.79 Å². The first-order valence-corrected chi connectivity index (χ1v) is 7.94. The van der Waals surface area contributed by atoms with Crippen LogP contribution in [0.1, 0.15) is 78.6 Å². The largest absolute Gasteiger partial charge is 0.334 e. The van der Waals surface area contributed by atoms with E-state index in [0.29, 0.717) is 11.9 Å². The molecule has 1 aliphatic heterocycles. The minimum atomic E-state index is 0.153. The van der Waals surface area contributed by atoms with Gasteiger partial charge in [0.15, 0.2) is 0 Å². The Morgan fingerprint density at radius 3 is 2.39 bits per heavy atom. The first-order chi connectivity index (χ1) is 8.60. The minimum Gasteiger partial charge on any atom is -0.334 e. The maximum atomic E-state index is 12.7. The number of hydrogen-bond donors (Lipinski definition) is 0. The van der Waals surface area contributed by atoms with Crippen molar-refractivity contribution < 1.29 is 4.79 Å². The second-order valence-electron chi connectivity index (χ2n) is 6.63. The summed E-state index contributed by atoms with van der Waals surface area (Å²) < 4.78 is 0.